The van der Waals surface area contributed by atoms with Crippen LogP contribution in [0.5, 0.6) is 0 Å². The summed E-state index contributed by atoms with van der Waals surface area (Å²) in [5.41, 5.74) is 5.36. The number of carbonyl (C=O) groups excluding carboxylic acids is 1. The SMILES string of the molecule is CCC(C)(C)C(CC=C(C)OC)C(N)=O. The Labute approximate surface area is 92.7 Å². The van der Waals surface area contributed by atoms with Crippen molar-refractivity contribution in [3.05, 3.63) is 11.8 Å². The summed E-state index contributed by atoms with van der Waals surface area (Å²) in [5.74, 6) is 0.461. The van der Waals surface area contributed by atoms with E-state index in [4.69, 9.17) is 10.5 Å². The lowest BCUT2D eigenvalue weighted by molar-refractivity contribution is -0.125. The highest BCUT2D eigenvalue weighted by Crippen LogP contribution is 2.33. The Balaban J connectivity index is 4.63. The molecule has 0 saturated heterocycles. The first-order chi connectivity index (χ1) is 6.85. The predicted molar refractivity (Wildman–Crippen MR) is 62.1 cm³/mol. The van der Waals surface area contributed by atoms with Crippen LogP contribution in [0, 0.1) is 11.3 Å². The topological polar surface area (TPSA) is 52.3 Å². The number of hydrogen-bond donors (Lipinski definition) is 1. The highest BCUT2D eigenvalue weighted by atomic mass is 16.5. The van der Waals surface area contributed by atoms with E-state index in [1.54, 1.807) is 7.11 Å². The van der Waals surface area contributed by atoms with Crippen molar-refractivity contribution in [2.45, 2.75) is 40.5 Å². The molecule has 1 unspecified atom stereocenters. The van der Waals surface area contributed by atoms with Crippen LogP contribution >= 0.6 is 0 Å². The highest BCUT2D eigenvalue weighted by molar-refractivity contribution is 5.77. The molecule has 3 heteroatoms. The van der Waals surface area contributed by atoms with Crippen molar-refractivity contribution in [1.29, 1.82) is 0 Å². The van der Waals surface area contributed by atoms with E-state index in [1.165, 1.54) is 0 Å². The quantitative estimate of drug-likeness (QED) is 0.689. The van der Waals surface area contributed by atoms with Gasteiger partial charge in [-0.3, -0.25) is 4.79 Å². The van der Waals surface area contributed by atoms with E-state index >= 15 is 0 Å². The molecule has 88 valence electrons. The molecule has 0 aromatic carbocycles. The van der Waals surface area contributed by atoms with Crippen LogP contribution < -0.4 is 5.73 Å². The van der Waals surface area contributed by atoms with Crippen LogP contribution in [-0.4, -0.2) is 13.0 Å². The first kappa shape index (κ1) is 14.0. The first-order valence-electron chi connectivity index (χ1n) is 5.35. The lowest BCUT2D eigenvalue weighted by Crippen LogP contribution is -2.35. The van der Waals surface area contributed by atoms with Gasteiger partial charge in [0.1, 0.15) is 0 Å². The Kier molecular flexibility index (Phi) is 5.40. The molecule has 15 heavy (non-hydrogen) atoms. The molecule has 0 aromatic rings. The summed E-state index contributed by atoms with van der Waals surface area (Å²) in [6, 6.07) is 0. The second-order valence-electron chi connectivity index (χ2n) is 4.55. The maximum absolute atomic E-state index is 11.4. The molecule has 1 atom stereocenters. The van der Waals surface area contributed by atoms with Gasteiger partial charge in [0.05, 0.1) is 12.9 Å². The van der Waals surface area contributed by atoms with Crippen molar-refractivity contribution in [2.24, 2.45) is 17.1 Å². The molecule has 0 aliphatic carbocycles. The summed E-state index contributed by atoms with van der Waals surface area (Å²) in [5, 5.41) is 0. The molecular formula is C12H23NO2. The molecule has 0 saturated carbocycles. The van der Waals surface area contributed by atoms with Gasteiger partial charge in [-0.05, 0) is 24.8 Å². The molecule has 0 fully saturated rings. The molecule has 1 amide bonds. The average molecular weight is 213 g/mol. The molecular weight excluding hydrogens is 190 g/mol. The Morgan fingerprint density at radius 1 is 1.53 bits per heavy atom. The van der Waals surface area contributed by atoms with Crippen molar-refractivity contribution < 1.29 is 9.53 Å². The van der Waals surface area contributed by atoms with Gasteiger partial charge < -0.3 is 10.5 Å². The molecule has 0 heterocycles. The van der Waals surface area contributed by atoms with Crippen molar-refractivity contribution in [3.63, 3.8) is 0 Å². The fourth-order valence-corrected chi connectivity index (χ4v) is 1.43. The van der Waals surface area contributed by atoms with Crippen LogP contribution in [0.4, 0.5) is 0 Å². The van der Waals surface area contributed by atoms with Crippen LogP contribution in [0.25, 0.3) is 0 Å². The standard InChI is InChI=1S/C12H23NO2/c1-6-12(3,4)10(11(13)14)8-7-9(2)15-5/h7,10H,6,8H2,1-5H3,(H2,13,14). The fourth-order valence-electron chi connectivity index (χ4n) is 1.43. The number of rotatable bonds is 6. The van der Waals surface area contributed by atoms with Crippen molar-refractivity contribution in [3.8, 4) is 0 Å². The van der Waals surface area contributed by atoms with Crippen LogP contribution in [-0.2, 0) is 9.53 Å². The lowest BCUT2D eigenvalue weighted by Gasteiger charge is -2.30. The van der Waals surface area contributed by atoms with Gasteiger partial charge in [-0.25, -0.2) is 0 Å². The Morgan fingerprint density at radius 3 is 2.40 bits per heavy atom. The molecule has 3 nitrogen and oxygen atoms in total. The van der Waals surface area contributed by atoms with Gasteiger partial charge in [0.2, 0.25) is 5.91 Å². The van der Waals surface area contributed by atoms with E-state index in [0.29, 0.717) is 6.42 Å². The van der Waals surface area contributed by atoms with Gasteiger partial charge in [0, 0.05) is 5.92 Å². The predicted octanol–water partition coefficient (Wildman–Crippen LogP) is 2.46. The van der Waals surface area contributed by atoms with Gasteiger partial charge in [-0.15, -0.1) is 0 Å². The van der Waals surface area contributed by atoms with E-state index in [1.807, 2.05) is 13.0 Å². The number of nitrogens with two attached hydrogens (primary N) is 1. The van der Waals surface area contributed by atoms with Crippen LogP contribution in [0.15, 0.2) is 11.8 Å². The van der Waals surface area contributed by atoms with Gasteiger partial charge in [-0.1, -0.05) is 27.2 Å². The van der Waals surface area contributed by atoms with Crippen LogP contribution in [0.1, 0.15) is 40.5 Å². The minimum atomic E-state index is -0.234. The zero-order valence-corrected chi connectivity index (χ0v) is 10.5. The number of allylic oxidation sites excluding steroid dienone is 2. The van der Waals surface area contributed by atoms with Gasteiger partial charge in [0.15, 0.2) is 0 Å². The summed E-state index contributed by atoms with van der Waals surface area (Å²) < 4.78 is 5.04. The van der Waals surface area contributed by atoms with Crippen LogP contribution in [0.2, 0.25) is 0 Å². The second kappa shape index (κ2) is 5.79. The van der Waals surface area contributed by atoms with E-state index in [9.17, 15) is 4.79 Å². The molecule has 0 rings (SSSR count). The van der Waals surface area contributed by atoms with Gasteiger partial charge in [-0.2, -0.15) is 0 Å². The minimum Gasteiger partial charge on any atom is -0.502 e. The Morgan fingerprint density at radius 2 is 2.07 bits per heavy atom. The number of hydrogen-bond acceptors (Lipinski definition) is 2. The average Bonchev–Trinajstić information content (AvgIpc) is 2.16. The summed E-state index contributed by atoms with van der Waals surface area (Å²) in [6.07, 6.45) is 3.50. The number of carbonyl (C=O) groups is 1. The molecule has 0 aromatic heterocycles. The van der Waals surface area contributed by atoms with Gasteiger partial charge >= 0.3 is 0 Å². The normalized spacial score (nSPS) is 14.9. The molecule has 0 aliphatic rings. The zero-order valence-electron chi connectivity index (χ0n) is 10.5. The van der Waals surface area contributed by atoms with E-state index < -0.39 is 0 Å². The number of amides is 1. The van der Waals surface area contributed by atoms with E-state index in [-0.39, 0.29) is 17.2 Å². The molecule has 0 bridgehead atoms. The monoisotopic (exact) mass is 213 g/mol. The van der Waals surface area contributed by atoms with Crippen molar-refractivity contribution in [1.82, 2.24) is 0 Å². The third kappa shape index (κ3) is 4.36. The number of methoxy groups -OCH3 is 1. The fraction of sp³-hybridized carbons (Fsp3) is 0.750. The molecule has 0 aliphatic heterocycles. The summed E-state index contributed by atoms with van der Waals surface area (Å²) in [4.78, 5) is 11.4. The summed E-state index contributed by atoms with van der Waals surface area (Å²) >= 11 is 0. The number of ether oxygens (including phenoxy) is 1. The lowest BCUT2D eigenvalue weighted by atomic mass is 9.74. The Hall–Kier alpha value is -0.990. The second-order valence-corrected chi connectivity index (χ2v) is 4.55. The zero-order chi connectivity index (χ0) is 12.1. The minimum absolute atomic E-state index is 0.0592. The van der Waals surface area contributed by atoms with Crippen LogP contribution in [0.3, 0.4) is 0 Å². The van der Waals surface area contributed by atoms with Crippen molar-refractivity contribution >= 4 is 5.91 Å². The van der Waals surface area contributed by atoms with E-state index in [2.05, 4.69) is 20.8 Å². The van der Waals surface area contributed by atoms with Gasteiger partial charge in [0.25, 0.3) is 0 Å². The Bertz CT molecular complexity index is 244. The first-order valence-corrected chi connectivity index (χ1v) is 5.35. The summed E-state index contributed by atoms with van der Waals surface area (Å²) in [7, 11) is 1.62. The molecule has 0 radical (unpaired) electrons. The maximum atomic E-state index is 11.4. The molecule has 0 spiro atoms. The van der Waals surface area contributed by atoms with Crippen molar-refractivity contribution in [2.75, 3.05) is 7.11 Å². The van der Waals surface area contributed by atoms with E-state index in [0.717, 1.165) is 12.2 Å². The number of primary amides is 1. The third-order valence-corrected chi connectivity index (χ3v) is 3.16. The molecule has 2 N–H and O–H groups in total. The maximum Gasteiger partial charge on any atom is 0.221 e. The highest BCUT2D eigenvalue weighted by Gasteiger charge is 2.31. The smallest absolute Gasteiger partial charge is 0.221 e. The largest absolute Gasteiger partial charge is 0.502 e. The summed E-state index contributed by atoms with van der Waals surface area (Å²) in [6.45, 7) is 8.08. The third-order valence-electron chi connectivity index (χ3n) is 3.16.